The van der Waals surface area contributed by atoms with Gasteiger partial charge in [0.1, 0.15) is 0 Å². The zero-order chi connectivity index (χ0) is 9.84. The Labute approximate surface area is 81.9 Å². The normalized spacial score (nSPS) is 10.1. The number of aromatic nitrogens is 1. The third-order valence-corrected chi connectivity index (χ3v) is 1.87. The topological polar surface area (TPSA) is 62.4 Å². The molecule has 1 rings (SSSR count). The van der Waals surface area contributed by atoms with Gasteiger partial charge in [0.15, 0.2) is 5.82 Å². The van der Waals surface area contributed by atoms with Gasteiger partial charge in [-0.05, 0) is 6.07 Å². The van der Waals surface area contributed by atoms with E-state index in [2.05, 4.69) is 4.98 Å². The van der Waals surface area contributed by atoms with Crippen molar-refractivity contribution < 1.29 is 5.11 Å². The number of aliphatic hydroxyl groups is 1. The van der Waals surface area contributed by atoms with Crippen LogP contribution in [0.3, 0.4) is 0 Å². The summed E-state index contributed by atoms with van der Waals surface area (Å²) in [4.78, 5) is 5.82. The van der Waals surface area contributed by atoms with E-state index in [9.17, 15) is 0 Å². The smallest absolute Gasteiger partial charge is 0.151 e. The summed E-state index contributed by atoms with van der Waals surface area (Å²) in [5, 5.41) is 9.22. The van der Waals surface area contributed by atoms with Crippen LogP contribution < -0.4 is 10.6 Å². The van der Waals surface area contributed by atoms with Crippen molar-refractivity contribution in [3.05, 3.63) is 17.3 Å². The minimum absolute atomic E-state index is 0.0697. The standard InChI is InChI=1S/C8H12ClN3O/c1-12(2-3-13)8-7(10)4-6(9)5-11-8/h4-5,13H,2-3,10H2,1H3. The highest BCUT2D eigenvalue weighted by molar-refractivity contribution is 6.30. The van der Waals surface area contributed by atoms with Crippen molar-refractivity contribution in [1.29, 1.82) is 0 Å². The molecule has 4 nitrogen and oxygen atoms in total. The number of hydrogen-bond acceptors (Lipinski definition) is 4. The molecule has 0 aliphatic heterocycles. The van der Waals surface area contributed by atoms with Gasteiger partial charge < -0.3 is 15.7 Å². The van der Waals surface area contributed by atoms with Gasteiger partial charge in [-0.25, -0.2) is 4.98 Å². The van der Waals surface area contributed by atoms with Crippen molar-refractivity contribution >= 4 is 23.1 Å². The van der Waals surface area contributed by atoms with Gasteiger partial charge in [0.25, 0.3) is 0 Å². The molecule has 3 N–H and O–H groups in total. The summed E-state index contributed by atoms with van der Waals surface area (Å²) in [6, 6.07) is 1.64. The lowest BCUT2D eigenvalue weighted by Crippen LogP contribution is -2.23. The summed E-state index contributed by atoms with van der Waals surface area (Å²) in [5.41, 5.74) is 6.20. The average molecular weight is 202 g/mol. The van der Waals surface area contributed by atoms with Gasteiger partial charge in [0.05, 0.1) is 17.3 Å². The number of nitrogens with two attached hydrogens (primary N) is 1. The van der Waals surface area contributed by atoms with Crippen molar-refractivity contribution in [2.24, 2.45) is 0 Å². The summed E-state index contributed by atoms with van der Waals surface area (Å²) >= 11 is 5.69. The lowest BCUT2D eigenvalue weighted by Gasteiger charge is -2.18. The predicted octanol–water partition coefficient (Wildman–Crippen LogP) is 0.746. The van der Waals surface area contributed by atoms with E-state index in [-0.39, 0.29) is 6.61 Å². The number of likely N-dealkylation sites (N-methyl/N-ethyl adjacent to an activating group) is 1. The van der Waals surface area contributed by atoms with E-state index in [1.54, 1.807) is 11.0 Å². The monoisotopic (exact) mass is 201 g/mol. The summed E-state index contributed by atoms with van der Waals surface area (Å²) in [6.07, 6.45) is 1.53. The number of hydrogen-bond donors (Lipinski definition) is 2. The fourth-order valence-electron chi connectivity index (χ4n) is 1.02. The summed E-state index contributed by atoms with van der Waals surface area (Å²) < 4.78 is 0. The van der Waals surface area contributed by atoms with E-state index in [0.29, 0.717) is 23.1 Å². The van der Waals surface area contributed by atoms with Crippen LogP contribution in [0.25, 0.3) is 0 Å². The molecular weight excluding hydrogens is 190 g/mol. The Hall–Kier alpha value is -1.00. The van der Waals surface area contributed by atoms with Crippen molar-refractivity contribution in [2.45, 2.75) is 0 Å². The number of anilines is 2. The first-order chi connectivity index (χ1) is 6.15. The number of nitrogens with zero attached hydrogens (tertiary/aromatic N) is 2. The Morgan fingerprint density at radius 2 is 2.38 bits per heavy atom. The molecule has 0 saturated carbocycles. The van der Waals surface area contributed by atoms with Crippen LogP contribution >= 0.6 is 11.6 Å². The number of pyridine rings is 1. The first-order valence-electron chi connectivity index (χ1n) is 3.88. The van der Waals surface area contributed by atoms with Crippen molar-refractivity contribution in [2.75, 3.05) is 30.8 Å². The fraction of sp³-hybridized carbons (Fsp3) is 0.375. The van der Waals surface area contributed by atoms with E-state index in [1.165, 1.54) is 6.20 Å². The molecule has 0 aromatic carbocycles. The Morgan fingerprint density at radius 1 is 1.69 bits per heavy atom. The van der Waals surface area contributed by atoms with Gasteiger partial charge in [0, 0.05) is 19.8 Å². The van der Waals surface area contributed by atoms with Crippen molar-refractivity contribution in [3.63, 3.8) is 0 Å². The lowest BCUT2D eigenvalue weighted by atomic mass is 10.3. The van der Waals surface area contributed by atoms with Gasteiger partial charge in [-0.3, -0.25) is 0 Å². The maximum absolute atomic E-state index is 8.71. The van der Waals surface area contributed by atoms with Gasteiger partial charge in [-0.15, -0.1) is 0 Å². The maximum atomic E-state index is 8.71. The Kier molecular flexibility index (Phi) is 3.33. The zero-order valence-corrected chi connectivity index (χ0v) is 8.12. The van der Waals surface area contributed by atoms with E-state index >= 15 is 0 Å². The summed E-state index contributed by atoms with van der Waals surface area (Å²) in [6.45, 7) is 0.569. The molecule has 0 atom stereocenters. The van der Waals surface area contributed by atoms with Crippen LogP contribution in [-0.4, -0.2) is 30.3 Å². The molecular formula is C8H12ClN3O. The highest BCUT2D eigenvalue weighted by atomic mass is 35.5. The highest BCUT2D eigenvalue weighted by Crippen LogP contribution is 2.21. The highest BCUT2D eigenvalue weighted by Gasteiger charge is 2.06. The van der Waals surface area contributed by atoms with Crippen LogP contribution in [0, 0.1) is 0 Å². The second-order valence-corrected chi connectivity index (χ2v) is 3.15. The molecule has 0 amide bonds. The largest absolute Gasteiger partial charge is 0.396 e. The summed E-state index contributed by atoms with van der Waals surface area (Å²) in [7, 11) is 1.81. The minimum atomic E-state index is 0.0697. The quantitative estimate of drug-likeness (QED) is 0.758. The van der Waals surface area contributed by atoms with E-state index < -0.39 is 0 Å². The average Bonchev–Trinajstić information content (AvgIpc) is 2.04. The molecule has 0 fully saturated rings. The van der Waals surface area contributed by atoms with E-state index in [4.69, 9.17) is 22.4 Å². The molecule has 13 heavy (non-hydrogen) atoms. The van der Waals surface area contributed by atoms with Crippen LogP contribution in [0.1, 0.15) is 0 Å². The zero-order valence-electron chi connectivity index (χ0n) is 7.37. The molecule has 72 valence electrons. The molecule has 0 radical (unpaired) electrons. The number of halogens is 1. The van der Waals surface area contributed by atoms with Crippen LogP contribution in [0.15, 0.2) is 12.3 Å². The van der Waals surface area contributed by atoms with Gasteiger partial charge in [-0.1, -0.05) is 11.6 Å². The van der Waals surface area contributed by atoms with Crippen molar-refractivity contribution in [3.8, 4) is 0 Å². The van der Waals surface area contributed by atoms with Crippen LogP contribution in [-0.2, 0) is 0 Å². The first-order valence-corrected chi connectivity index (χ1v) is 4.26. The second-order valence-electron chi connectivity index (χ2n) is 2.71. The number of rotatable bonds is 3. The molecule has 0 spiro atoms. The van der Waals surface area contributed by atoms with E-state index in [0.717, 1.165) is 0 Å². The molecule has 1 aromatic heterocycles. The van der Waals surface area contributed by atoms with Gasteiger partial charge in [-0.2, -0.15) is 0 Å². The van der Waals surface area contributed by atoms with Crippen LogP contribution in [0.4, 0.5) is 11.5 Å². The molecule has 5 heteroatoms. The maximum Gasteiger partial charge on any atom is 0.151 e. The molecule has 1 aromatic rings. The molecule has 0 saturated heterocycles. The fourth-order valence-corrected chi connectivity index (χ4v) is 1.19. The molecule has 0 unspecified atom stereocenters. The predicted molar refractivity (Wildman–Crippen MR) is 54.0 cm³/mol. The molecule has 1 heterocycles. The van der Waals surface area contributed by atoms with Crippen LogP contribution in [0.2, 0.25) is 5.02 Å². The van der Waals surface area contributed by atoms with Crippen LogP contribution in [0.5, 0.6) is 0 Å². The Morgan fingerprint density at radius 3 is 2.92 bits per heavy atom. The minimum Gasteiger partial charge on any atom is -0.396 e. The van der Waals surface area contributed by atoms with Gasteiger partial charge in [0.2, 0.25) is 0 Å². The second kappa shape index (κ2) is 4.30. The van der Waals surface area contributed by atoms with Crippen molar-refractivity contribution in [1.82, 2.24) is 4.98 Å². The third-order valence-electron chi connectivity index (χ3n) is 1.66. The SMILES string of the molecule is CN(CCO)c1ncc(Cl)cc1N. The number of nitrogen functional groups attached to an aromatic ring is 1. The number of aliphatic hydroxyl groups excluding tert-OH is 1. The van der Waals surface area contributed by atoms with E-state index in [1.807, 2.05) is 7.05 Å². The Bertz CT molecular complexity index is 293. The molecule has 0 aliphatic rings. The third kappa shape index (κ3) is 2.47. The molecule has 0 aliphatic carbocycles. The van der Waals surface area contributed by atoms with Gasteiger partial charge >= 0.3 is 0 Å². The first kappa shape index (κ1) is 10.1. The Balaban J connectivity index is 2.88. The molecule has 0 bridgehead atoms. The lowest BCUT2D eigenvalue weighted by molar-refractivity contribution is 0.304. The summed E-state index contributed by atoms with van der Waals surface area (Å²) in [5.74, 6) is 0.637.